The number of ether oxygens (including phenoxy) is 2. The second-order valence-corrected chi connectivity index (χ2v) is 7.03. The van der Waals surface area contributed by atoms with Crippen LogP contribution in [0, 0.1) is 19.7 Å². The van der Waals surface area contributed by atoms with Crippen molar-refractivity contribution in [1.29, 1.82) is 0 Å². The van der Waals surface area contributed by atoms with Crippen molar-refractivity contribution in [2.24, 2.45) is 0 Å². The number of nitrogens with one attached hydrogen (secondary N) is 1. The normalized spacial score (nSPS) is 10.6. The van der Waals surface area contributed by atoms with E-state index in [1.54, 1.807) is 19.2 Å². The molecule has 0 bridgehead atoms. The maximum Gasteiger partial charge on any atom is 0.180 e. The third-order valence-corrected chi connectivity index (χ3v) is 4.95. The lowest BCUT2D eigenvalue weighted by molar-refractivity contribution is 0.284. The van der Waals surface area contributed by atoms with Crippen LogP contribution in [-0.4, -0.2) is 7.11 Å². The molecule has 3 aromatic rings. The van der Waals surface area contributed by atoms with Crippen molar-refractivity contribution in [3.8, 4) is 11.5 Å². The van der Waals surface area contributed by atoms with E-state index in [2.05, 4.69) is 31.3 Å². The molecule has 0 spiro atoms. The highest BCUT2D eigenvalue weighted by molar-refractivity contribution is 6.32. The molecule has 5 heteroatoms. The van der Waals surface area contributed by atoms with Crippen molar-refractivity contribution in [3.05, 3.63) is 87.7 Å². The maximum absolute atomic E-state index is 13.0. The Kier molecular flexibility index (Phi) is 6.42. The van der Waals surface area contributed by atoms with Crippen LogP contribution >= 0.6 is 11.6 Å². The molecule has 146 valence electrons. The van der Waals surface area contributed by atoms with E-state index in [0.717, 1.165) is 16.8 Å². The van der Waals surface area contributed by atoms with Gasteiger partial charge in [-0.05, 0) is 66.4 Å². The highest BCUT2D eigenvalue weighted by Crippen LogP contribution is 2.37. The fourth-order valence-corrected chi connectivity index (χ4v) is 3.18. The molecule has 0 aromatic heterocycles. The summed E-state index contributed by atoms with van der Waals surface area (Å²) in [5, 5.41) is 3.91. The molecule has 3 rings (SSSR count). The Morgan fingerprint density at radius 1 is 1.00 bits per heavy atom. The number of halogens is 2. The molecule has 0 fully saturated rings. The molecule has 3 nitrogen and oxygen atoms in total. The van der Waals surface area contributed by atoms with E-state index in [4.69, 9.17) is 21.1 Å². The lowest BCUT2D eigenvalue weighted by Gasteiger charge is -2.16. The van der Waals surface area contributed by atoms with E-state index in [-0.39, 0.29) is 12.4 Å². The first-order valence-electron chi connectivity index (χ1n) is 9.01. The highest BCUT2D eigenvalue weighted by atomic mass is 35.5. The quantitative estimate of drug-likeness (QED) is 0.506. The summed E-state index contributed by atoms with van der Waals surface area (Å²) in [6.45, 7) is 5.07. The average molecular weight is 400 g/mol. The van der Waals surface area contributed by atoms with E-state index in [1.165, 1.54) is 23.3 Å². The Bertz CT molecular complexity index is 958. The molecule has 28 heavy (non-hydrogen) atoms. The summed E-state index contributed by atoms with van der Waals surface area (Å²) < 4.78 is 24.3. The standard InChI is InChI=1S/C23H23ClFNO2/c1-15-5-4-6-21(16(15)2)26-13-18-11-20(24)23(22(12-18)27-3)28-14-17-7-9-19(25)10-8-17/h4-12,26H,13-14H2,1-3H3. The number of anilines is 1. The number of benzene rings is 3. The molecule has 1 N–H and O–H groups in total. The van der Waals surface area contributed by atoms with Crippen molar-refractivity contribution in [2.75, 3.05) is 12.4 Å². The monoisotopic (exact) mass is 399 g/mol. The molecule has 0 aliphatic carbocycles. The van der Waals surface area contributed by atoms with Crippen molar-refractivity contribution in [2.45, 2.75) is 27.0 Å². The molecule has 0 heterocycles. The molecule has 0 amide bonds. The Morgan fingerprint density at radius 3 is 2.46 bits per heavy atom. The molecule has 0 saturated carbocycles. The van der Waals surface area contributed by atoms with Crippen LogP contribution < -0.4 is 14.8 Å². The number of hydrogen-bond donors (Lipinski definition) is 1. The number of rotatable bonds is 7. The van der Waals surface area contributed by atoms with E-state index < -0.39 is 0 Å². The van der Waals surface area contributed by atoms with Gasteiger partial charge in [0.15, 0.2) is 11.5 Å². The van der Waals surface area contributed by atoms with Crippen LogP contribution in [0.5, 0.6) is 11.5 Å². The zero-order valence-electron chi connectivity index (χ0n) is 16.2. The SMILES string of the molecule is COc1cc(CNc2cccc(C)c2C)cc(Cl)c1OCc1ccc(F)cc1. The Labute approximate surface area is 170 Å². The van der Waals surface area contributed by atoms with Gasteiger partial charge >= 0.3 is 0 Å². The van der Waals surface area contributed by atoms with Gasteiger partial charge in [0.25, 0.3) is 0 Å². The molecular weight excluding hydrogens is 377 g/mol. The lowest BCUT2D eigenvalue weighted by atomic mass is 10.1. The largest absolute Gasteiger partial charge is 0.493 e. The third-order valence-electron chi connectivity index (χ3n) is 4.67. The molecule has 0 atom stereocenters. The van der Waals surface area contributed by atoms with Crippen LogP contribution in [0.15, 0.2) is 54.6 Å². The zero-order valence-corrected chi connectivity index (χ0v) is 16.9. The molecule has 0 saturated heterocycles. The lowest BCUT2D eigenvalue weighted by Crippen LogP contribution is -2.04. The van der Waals surface area contributed by atoms with Gasteiger partial charge in [-0.25, -0.2) is 4.39 Å². The minimum atomic E-state index is -0.278. The smallest absolute Gasteiger partial charge is 0.180 e. The maximum atomic E-state index is 13.0. The van der Waals surface area contributed by atoms with Gasteiger partial charge in [0.1, 0.15) is 12.4 Å². The predicted molar refractivity (Wildman–Crippen MR) is 112 cm³/mol. The minimum absolute atomic E-state index is 0.274. The first-order chi connectivity index (χ1) is 13.5. The first-order valence-corrected chi connectivity index (χ1v) is 9.39. The zero-order chi connectivity index (χ0) is 20.1. The van der Waals surface area contributed by atoms with Crippen LogP contribution in [0.1, 0.15) is 22.3 Å². The predicted octanol–water partition coefficient (Wildman–Crippen LogP) is 6.30. The van der Waals surface area contributed by atoms with Gasteiger partial charge < -0.3 is 14.8 Å². The van der Waals surface area contributed by atoms with Crippen LogP contribution in [0.2, 0.25) is 5.02 Å². The van der Waals surface area contributed by atoms with Gasteiger partial charge in [-0.1, -0.05) is 35.9 Å². The molecule has 0 radical (unpaired) electrons. The van der Waals surface area contributed by atoms with Crippen molar-refractivity contribution < 1.29 is 13.9 Å². The van der Waals surface area contributed by atoms with Crippen LogP contribution in [0.3, 0.4) is 0 Å². The van der Waals surface area contributed by atoms with E-state index in [0.29, 0.717) is 23.1 Å². The van der Waals surface area contributed by atoms with Gasteiger partial charge in [0.2, 0.25) is 0 Å². The second-order valence-electron chi connectivity index (χ2n) is 6.63. The third kappa shape index (κ3) is 4.76. The van der Waals surface area contributed by atoms with Gasteiger partial charge in [-0.15, -0.1) is 0 Å². The summed E-state index contributed by atoms with van der Waals surface area (Å²) in [5.41, 5.74) is 5.38. The summed E-state index contributed by atoms with van der Waals surface area (Å²) in [6, 6.07) is 16.1. The average Bonchev–Trinajstić information content (AvgIpc) is 2.69. The summed E-state index contributed by atoms with van der Waals surface area (Å²) in [4.78, 5) is 0. The molecule has 3 aromatic carbocycles. The number of hydrogen-bond acceptors (Lipinski definition) is 3. The van der Waals surface area contributed by atoms with Crippen molar-refractivity contribution in [1.82, 2.24) is 0 Å². The highest BCUT2D eigenvalue weighted by Gasteiger charge is 2.13. The van der Waals surface area contributed by atoms with Gasteiger partial charge in [-0.2, -0.15) is 0 Å². The van der Waals surface area contributed by atoms with Crippen LogP contribution in [0.25, 0.3) is 0 Å². The Morgan fingerprint density at radius 2 is 1.75 bits per heavy atom. The van der Waals surface area contributed by atoms with Crippen LogP contribution in [0.4, 0.5) is 10.1 Å². The van der Waals surface area contributed by atoms with Crippen molar-refractivity contribution >= 4 is 17.3 Å². The van der Waals surface area contributed by atoms with Crippen molar-refractivity contribution in [3.63, 3.8) is 0 Å². The molecule has 0 aliphatic heterocycles. The topological polar surface area (TPSA) is 30.5 Å². The van der Waals surface area contributed by atoms with Gasteiger partial charge in [-0.3, -0.25) is 0 Å². The summed E-state index contributed by atoms with van der Waals surface area (Å²) in [5.74, 6) is 0.761. The molecular formula is C23H23ClFNO2. The second kappa shape index (κ2) is 8.98. The fraction of sp³-hybridized carbons (Fsp3) is 0.217. The van der Waals surface area contributed by atoms with E-state index in [9.17, 15) is 4.39 Å². The van der Waals surface area contributed by atoms with Gasteiger partial charge in [0.05, 0.1) is 12.1 Å². The number of aryl methyl sites for hydroxylation is 1. The van der Waals surface area contributed by atoms with Crippen LogP contribution in [-0.2, 0) is 13.2 Å². The van der Waals surface area contributed by atoms with Gasteiger partial charge in [0, 0.05) is 12.2 Å². The Hall–Kier alpha value is -2.72. The molecule has 0 aliphatic rings. The number of methoxy groups -OCH3 is 1. The van der Waals surface area contributed by atoms with E-state index >= 15 is 0 Å². The summed E-state index contributed by atoms with van der Waals surface area (Å²) in [6.07, 6.45) is 0. The summed E-state index contributed by atoms with van der Waals surface area (Å²) >= 11 is 6.45. The first kappa shape index (κ1) is 20.0. The minimum Gasteiger partial charge on any atom is -0.493 e. The molecule has 0 unspecified atom stereocenters. The van der Waals surface area contributed by atoms with E-state index in [1.807, 2.05) is 18.2 Å². The fourth-order valence-electron chi connectivity index (χ4n) is 2.89. The summed E-state index contributed by atoms with van der Waals surface area (Å²) in [7, 11) is 1.58. The Balaban J connectivity index is 1.73.